The molecule has 0 aliphatic rings. The molecule has 5 heteroatoms. The van der Waals surface area contributed by atoms with Crippen molar-refractivity contribution >= 4 is 23.6 Å². The Balaban J connectivity index is 1.99. The van der Waals surface area contributed by atoms with Crippen LogP contribution in [-0.4, -0.2) is 35.1 Å². The monoisotopic (exact) mass is 412 g/mol. The average Bonchev–Trinajstić information content (AvgIpc) is 2.74. The largest absolute Gasteiger partial charge is 0.354 e. The van der Waals surface area contributed by atoms with Gasteiger partial charge in [-0.25, -0.2) is 0 Å². The summed E-state index contributed by atoms with van der Waals surface area (Å²) in [6.07, 6.45) is 1.30. The van der Waals surface area contributed by atoms with Gasteiger partial charge in [0.1, 0.15) is 6.04 Å². The van der Waals surface area contributed by atoms with E-state index in [1.165, 1.54) is 5.56 Å². The predicted octanol–water partition coefficient (Wildman–Crippen LogP) is 4.56. The number of carbonyl (C=O) groups is 2. The molecule has 0 aliphatic carbocycles. The summed E-state index contributed by atoms with van der Waals surface area (Å²) in [6, 6.07) is 17.8. The lowest BCUT2D eigenvalue weighted by Gasteiger charge is -2.29. The Labute approximate surface area is 179 Å². The fraction of sp³-hybridized carbons (Fsp3) is 0.417. The fourth-order valence-electron chi connectivity index (χ4n) is 3.02. The number of amides is 2. The van der Waals surface area contributed by atoms with Crippen molar-refractivity contribution in [3.05, 3.63) is 71.3 Å². The van der Waals surface area contributed by atoms with Crippen LogP contribution < -0.4 is 5.32 Å². The van der Waals surface area contributed by atoms with Gasteiger partial charge >= 0.3 is 0 Å². The first-order chi connectivity index (χ1) is 14.0. The normalized spacial score (nSPS) is 11.7. The molecule has 4 nitrogen and oxygen atoms in total. The van der Waals surface area contributed by atoms with Crippen LogP contribution in [0.1, 0.15) is 43.4 Å². The minimum absolute atomic E-state index is 0.0213. The van der Waals surface area contributed by atoms with Crippen LogP contribution in [0.2, 0.25) is 0 Å². The van der Waals surface area contributed by atoms with Gasteiger partial charge in [-0.05, 0) is 37.0 Å². The SMILES string of the molecule is CCCNC(=O)[C@H](C)N(Cc1ccccc1C)C(=O)CCSCc1ccccc1. The minimum Gasteiger partial charge on any atom is -0.354 e. The van der Waals surface area contributed by atoms with E-state index >= 15 is 0 Å². The number of aryl methyl sites for hydroxylation is 1. The Bertz CT molecular complexity index is 779. The van der Waals surface area contributed by atoms with Gasteiger partial charge in [0.25, 0.3) is 0 Å². The minimum atomic E-state index is -0.493. The van der Waals surface area contributed by atoms with Gasteiger partial charge < -0.3 is 10.2 Å². The molecule has 0 aliphatic heterocycles. The van der Waals surface area contributed by atoms with Crippen LogP contribution in [0, 0.1) is 6.92 Å². The highest BCUT2D eigenvalue weighted by Gasteiger charge is 2.25. The second-order valence-electron chi connectivity index (χ2n) is 7.20. The smallest absolute Gasteiger partial charge is 0.242 e. The van der Waals surface area contributed by atoms with Crippen molar-refractivity contribution in [2.45, 2.75) is 52.0 Å². The lowest BCUT2D eigenvalue weighted by molar-refractivity contribution is -0.140. The number of carbonyl (C=O) groups excluding carboxylic acids is 2. The number of thioether (sulfide) groups is 1. The highest BCUT2D eigenvalue weighted by molar-refractivity contribution is 7.98. The van der Waals surface area contributed by atoms with Crippen LogP contribution in [0.3, 0.4) is 0 Å². The number of nitrogens with one attached hydrogen (secondary N) is 1. The molecule has 0 unspecified atom stereocenters. The zero-order valence-electron chi connectivity index (χ0n) is 17.7. The maximum Gasteiger partial charge on any atom is 0.242 e. The van der Waals surface area contributed by atoms with E-state index in [0.717, 1.165) is 29.1 Å². The van der Waals surface area contributed by atoms with Crippen molar-refractivity contribution in [1.29, 1.82) is 0 Å². The molecule has 156 valence electrons. The number of rotatable bonds is 11. The molecular formula is C24H32N2O2S. The van der Waals surface area contributed by atoms with Crippen LogP contribution >= 0.6 is 11.8 Å². The summed E-state index contributed by atoms with van der Waals surface area (Å²) in [5.41, 5.74) is 3.46. The van der Waals surface area contributed by atoms with Crippen molar-refractivity contribution in [2.75, 3.05) is 12.3 Å². The quantitative estimate of drug-likeness (QED) is 0.550. The maximum atomic E-state index is 13.0. The predicted molar refractivity (Wildman–Crippen MR) is 122 cm³/mol. The standard InChI is InChI=1S/C24H32N2O2S/c1-4-15-25-24(28)20(3)26(17-22-13-9-8-10-19(22)2)23(27)14-16-29-18-21-11-6-5-7-12-21/h5-13,20H,4,14-18H2,1-3H3,(H,25,28)/t20-/m0/s1. The molecule has 0 bridgehead atoms. The summed E-state index contributed by atoms with van der Waals surface area (Å²) in [6.45, 7) is 6.96. The Morgan fingerprint density at radius 2 is 1.76 bits per heavy atom. The van der Waals surface area contributed by atoms with Gasteiger partial charge in [0.05, 0.1) is 0 Å². The molecule has 1 atom stereocenters. The van der Waals surface area contributed by atoms with Crippen LogP contribution in [0.15, 0.2) is 54.6 Å². The van der Waals surface area contributed by atoms with Crippen LogP contribution in [0.5, 0.6) is 0 Å². The lowest BCUT2D eigenvalue weighted by Crippen LogP contribution is -2.47. The highest BCUT2D eigenvalue weighted by atomic mass is 32.2. The zero-order valence-corrected chi connectivity index (χ0v) is 18.5. The Morgan fingerprint density at radius 3 is 2.45 bits per heavy atom. The Morgan fingerprint density at radius 1 is 1.07 bits per heavy atom. The van der Waals surface area contributed by atoms with Gasteiger partial charge in [-0.1, -0.05) is 61.5 Å². The maximum absolute atomic E-state index is 13.0. The average molecular weight is 413 g/mol. The van der Waals surface area contributed by atoms with Gasteiger partial charge in [-0.2, -0.15) is 11.8 Å². The van der Waals surface area contributed by atoms with E-state index in [0.29, 0.717) is 19.5 Å². The van der Waals surface area contributed by atoms with Gasteiger partial charge in [0.2, 0.25) is 11.8 Å². The van der Waals surface area contributed by atoms with E-state index in [4.69, 9.17) is 0 Å². The summed E-state index contributed by atoms with van der Waals surface area (Å²) in [7, 11) is 0. The van der Waals surface area contributed by atoms with E-state index in [-0.39, 0.29) is 11.8 Å². The van der Waals surface area contributed by atoms with Gasteiger partial charge in [-0.3, -0.25) is 9.59 Å². The van der Waals surface area contributed by atoms with E-state index in [9.17, 15) is 9.59 Å². The molecule has 2 amide bonds. The van der Waals surface area contributed by atoms with Crippen LogP contribution in [-0.2, 0) is 21.9 Å². The summed E-state index contributed by atoms with van der Waals surface area (Å²) in [5, 5.41) is 2.92. The third-order valence-electron chi connectivity index (χ3n) is 4.89. The van der Waals surface area contributed by atoms with Crippen molar-refractivity contribution in [3.63, 3.8) is 0 Å². The summed E-state index contributed by atoms with van der Waals surface area (Å²) in [4.78, 5) is 27.3. The first kappa shape index (κ1) is 23.0. The number of hydrogen-bond donors (Lipinski definition) is 1. The summed E-state index contributed by atoms with van der Waals surface area (Å²) in [5.74, 6) is 1.55. The molecule has 2 aromatic rings. The van der Waals surface area contributed by atoms with E-state index in [2.05, 4.69) is 17.4 Å². The fourth-order valence-corrected chi connectivity index (χ4v) is 3.91. The van der Waals surface area contributed by atoms with E-state index in [1.807, 2.05) is 63.2 Å². The van der Waals surface area contributed by atoms with Crippen LogP contribution in [0.25, 0.3) is 0 Å². The van der Waals surface area contributed by atoms with E-state index < -0.39 is 6.04 Å². The molecule has 0 saturated carbocycles. The molecule has 2 aromatic carbocycles. The van der Waals surface area contributed by atoms with Crippen molar-refractivity contribution in [2.24, 2.45) is 0 Å². The molecule has 29 heavy (non-hydrogen) atoms. The number of benzene rings is 2. The zero-order chi connectivity index (χ0) is 21.1. The molecular weight excluding hydrogens is 380 g/mol. The van der Waals surface area contributed by atoms with Gasteiger partial charge in [0, 0.05) is 31.0 Å². The molecule has 0 spiro atoms. The van der Waals surface area contributed by atoms with Crippen molar-refractivity contribution in [3.8, 4) is 0 Å². The van der Waals surface area contributed by atoms with Gasteiger partial charge in [-0.15, -0.1) is 0 Å². The molecule has 0 saturated heterocycles. The van der Waals surface area contributed by atoms with Crippen molar-refractivity contribution < 1.29 is 9.59 Å². The second-order valence-corrected chi connectivity index (χ2v) is 8.31. The van der Waals surface area contributed by atoms with E-state index in [1.54, 1.807) is 16.7 Å². The number of nitrogens with zero attached hydrogens (tertiary/aromatic N) is 1. The molecule has 0 aromatic heterocycles. The summed E-state index contributed by atoms with van der Waals surface area (Å²) >= 11 is 1.75. The molecule has 0 radical (unpaired) electrons. The Hall–Kier alpha value is -2.27. The molecule has 0 fully saturated rings. The first-order valence-corrected chi connectivity index (χ1v) is 11.4. The number of hydrogen-bond acceptors (Lipinski definition) is 3. The third kappa shape index (κ3) is 7.58. The molecule has 1 N–H and O–H groups in total. The van der Waals surface area contributed by atoms with Crippen molar-refractivity contribution in [1.82, 2.24) is 10.2 Å². The topological polar surface area (TPSA) is 49.4 Å². The first-order valence-electron chi connectivity index (χ1n) is 10.3. The van der Waals surface area contributed by atoms with Crippen LogP contribution in [0.4, 0.5) is 0 Å². The lowest BCUT2D eigenvalue weighted by atomic mass is 10.1. The highest BCUT2D eigenvalue weighted by Crippen LogP contribution is 2.17. The summed E-state index contributed by atoms with van der Waals surface area (Å²) < 4.78 is 0. The molecule has 2 rings (SSSR count). The third-order valence-corrected chi connectivity index (χ3v) is 5.92. The Kier molecular flexibility index (Phi) is 9.78. The van der Waals surface area contributed by atoms with Gasteiger partial charge in [0.15, 0.2) is 0 Å². The molecule has 0 heterocycles. The second kappa shape index (κ2) is 12.3.